The van der Waals surface area contributed by atoms with Gasteiger partial charge in [0.1, 0.15) is 12.6 Å². The minimum Gasteiger partial charge on any atom is -0.372 e. The van der Waals surface area contributed by atoms with Gasteiger partial charge in [-0.15, -0.1) is 0 Å². The van der Waals surface area contributed by atoms with Crippen LogP contribution in [0.1, 0.15) is 24.0 Å². The minimum atomic E-state index is -0.817. The smallest absolute Gasteiger partial charge is 0.246 e. The van der Waals surface area contributed by atoms with Gasteiger partial charge in [-0.25, -0.2) is 0 Å². The largest absolute Gasteiger partial charge is 0.372 e. The molecule has 1 atom stereocenters. The van der Waals surface area contributed by atoms with Crippen LogP contribution >= 0.6 is 0 Å². The minimum absolute atomic E-state index is 0.0870. The van der Waals surface area contributed by atoms with Gasteiger partial charge in [0, 0.05) is 12.5 Å². The Labute approximate surface area is 140 Å². The lowest BCUT2D eigenvalue weighted by molar-refractivity contribution is -0.130. The maximum Gasteiger partial charge on any atom is 0.246 e. The fraction of sp³-hybridized carbons (Fsp3) is 0.263. The molecule has 0 saturated heterocycles. The first kappa shape index (κ1) is 16.2. The number of amides is 2. The lowest BCUT2D eigenvalue weighted by atomic mass is 9.89. The number of carbonyl (C=O) groups excluding carboxylic acids is 2. The van der Waals surface area contributed by atoms with Crippen molar-refractivity contribution in [3.8, 4) is 11.1 Å². The Kier molecular flexibility index (Phi) is 4.62. The van der Waals surface area contributed by atoms with Crippen LogP contribution < -0.4 is 11.1 Å². The molecule has 0 radical (unpaired) electrons. The van der Waals surface area contributed by atoms with E-state index in [2.05, 4.69) is 5.32 Å². The average Bonchev–Trinajstić information content (AvgIpc) is 2.92. The number of primary amides is 1. The number of fused-ring (bicyclic) bond motifs is 3. The number of hydrogen-bond acceptors (Lipinski definition) is 3. The third-order valence-corrected chi connectivity index (χ3v) is 4.28. The molecular weight excluding hydrogens is 304 g/mol. The molecule has 2 aromatic carbocycles. The van der Waals surface area contributed by atoms with Crippen LogP contribution in [0.15, 0.2) is 48.5 Å². The summed E-state index contributed by atoms with van der Waals surface area (Å²) in [5.41, 5.74) is 9.76. The van der Waals surface area contributed by atoms with Gasteiger partial charge in [0.25, 0.3) is 0 Å². The first-order valence-corrected chi connectivity index (χ1v) is 7.98. The van der Waals surface area contributed by atoms with Crippen LogP contribution in [0.2, 0.25) is 0 Å². The summed E-state index contributed by atoms with van der Waals surface area (Å²) in [6.45, 7) is 2.16. The highest BCUT2D eigenvalue weighted by atomic mass is 16.5. The molecule has 0 aromatic heterocycles. The fourth-order valence-corrected chi connectivity index (χ4v) is 3.28. The number of carbonyl (C=O) groups is 2. The van der Waals surface area contributed by atoms with Crippen molar-refractivity contribution in [3.05, 3.63) is 59.7 Å². The zero-order valence-corrected chi connectivity index (χ0v) is 13.5. The molecule has 1 aliphatic rings. The second kappa shape index (κ2) is 6.84. The maximum atomic E-state index is 12.1. The highest BCUT2D eigenvalue weighted by Crippen LogP contribution is 2.46. The molecule has 3 N–H and O–H groups in total. The van der Waals surface area contributed by atoms with Gasteiger partial charge in [-0.1, -0.05) is 48.5 Å². The highest BCUT2D eigenvalue weighted by molar-refractivity contribution is 5.91. The molecule has 0 aliphatic heterocycles. The Hall–Kier alpha value is -2.66. The summed E-state index contributed by atoms with van der Waals surface area (Å²) in [4.78, 5) is 24.1. The summed E-state index contributed by atoms with van der Waals surface area (Å²) in [5.74, 6) is -1.20. The van der Waals surface area contributed by atoms with Crippen molar-refractivity contribution >= 4 is 11.8 Å². The molecular formula is C19H20N2O3. The van der Waals surface area contributed by atoms with E-state index < -0.39 is 11.9 Å². The van der Waals surface area contributed by atoms with Crippen molar-refractivity contribution in [2.24, 2.45) is 5.73 Å². The van der Waals surface area contributed by atoms with Crippen LogP contribution in [-0.2, 0) is 14.3 Å². The zero-order valence-electron chi connectivity index (χ0n) is 13.5. The fourth-order valence-electron chi connectivity index (χ4n) is 3.28. The van der Waals surface area contributed by atoms with E-state index in [0.29, 0.717) is 6.61 Å². The zero-order chi connectivity index (χ0) is 17.1. The van der Waals surface area contributed by atoms with Gasteiger partial charge in [0.2, 0.25) is 11.8 Å². The first-order valence-electron chi connectivity index (χ1n) is 7.98. The molecule has 0 heterocycles. The van der Waals surface area contributed by atoms with Gasteiger partial charge >= 0.3 is 0 Å². The summed E-state index contributed by atoms with van der Waals surface area (Å²) in [6, 6.07) is 15.0. The Balaban J connectivity index is 1.99. The first-order chi connectivity index (χ1) is 11.6. The molecule has 124 valence electrons. The van der Waals surface area contributed by atoms with E-state index in [1.807, 2.05) is 55.5 Å². The van der Waals surface area contributed by atoms with E-state index >= 15 is 0 Å². The molecule has 24 heavy (non-hydrogen) atoms. The lowest BCUT2D eigenvalue weighted by Gasteiger charge is -2.24. The molecule has 2 amide bonds. The maximum absolute atomic E-state index is 12.1. The van der Waals surface area contributed by atoms with Crippen molar-refractivity contribution in [3.63, 3.8) is 0 Å². The molecule has 5 heteroatoms. The number of nitrogens with two attached hydrogens (primary N) is 1. The molecule has 0 fully saturated rings. The highest BCUT2D eigenvalue weighted by Gasteiger charge is 2.37. The summed E-state index contributed by atoms with van der Waals surface area (Å²) in [7, 11) is 0. The van der Waals surface area contributed by atoms with Crippen molar-refractivity contribution in [2.75, 3.05) is 13.2 Å². The lowest BCUT2D eigenvalue weighted by Crippen LogP contribution is -2.49. The normalized spacial score (nSPS) is 13.9. The summed E-state index contributed by atoms with van der Waals surface area (Å²) in [5, 5.41) is 2.74. The van der Waals surface area contributed by atoms with Crippen LogP contribution in [0.3, 0.4) is 0 Å². The van der Waals surface area contributed by atoms with Gasteiger partial charge in [0.05, 0.1) is 0 Å². The topological polar surface area (TPSA) is 81.4 Å². The van der Waals surface area contributed by atoms with E-state index in [0.717, 1.165) is 22.3 Å². The van der Waals surface area contributed by atoms with Crippen LogP contribution in [-0.4, -0.2) is 31.1 Å². The molecule has 0 saturated carbocycles. The quantitative estimate of drug-likeness (QED) is 0.850. The molecule has 3 rings (SSSR count). The number of hydrogen-bond donors (Lipinski definition) is 2. The van der Waals surface area contributed by atoms with E-state index in [4.69, 9.17) is 10.5 Å². The average molecular weight is 324 g/mol. The molecule has 5 nitrogen and oxygen atoms in total. The SMILES string of the molecule is CCOCC(=O)N[C@@H](C(N)=O)C1c2ccccc2-c2ccccc21. The summed E-state index contributed by atoms with van der Waals surface area (Å²) >= 11 is 0. The number of nitrogens with one attached hydrogen (secondary N) is 1. The van der Waals surface area contributed by atoms with Crippen LogP contribution in [0, 0.1) is 0 Å². The van der Waals surface area contributed by atoms with Gasteiger partial charge < -0.3 is 15.8 Å². The second-order valence-electron chi connectivity index (χ2n) is 5.74. The molecule has 0 bridgehead atoms. The predicted molar refractivity (Wildman–Crippen MR) is 91.3 cm³/mol. The Morgan fingerprint density at radius 1 is 1.08 bits per heavy atom. The Morgan fingerprint density at radius 2 is 1.62 bits per heavy atom. The predicted octanol–water partition coefficient (Wildman–Crippen LogP) is 1.81. The van der Waals surface area contributed by atoms with Crippen molar-refractivity contribution in [1.29, 1.82) is 0 Å². The van der Waals surface area contributed by atoms with Crippen LogP contribution in [0.25, 0.3) is 11.1 Å². The second-order valence-corrected chi connectivity index (χ2v) is 5.74. The number of ether oxygens (including phenoxy) is 1. The third-order valence-electron chi connectivity index (χ3n) is 4.28. The van der Waals surface area contributed by atoms with Gasteiger partial charge in [-0.2, -0.15) is 0 Å². The summed E-state index contributed by atoms with van der Waals surface area (Å²) < 4.78 is 5.11. The molecule has 0 spiro atoms. The molecule has 2 aromatic rings. The Bertz CT molecular complexity index is 727. The molecule has 1 aliphatic carbocycles. The van der Waals surface area contributed by atoms with Crippen molar-refractivity contribution < 1.29 is 14.3 Å². The number of benzene rings is 2. The van der Waals surface area contributed by atoms with Gasteiger partial charge in [-0.05, 0) is 29.2 Å². The van der Waals surface area contributed by atoms with Crippen molar-refractivity contribution in [2.45, 2.75) is 18.9 Å². The van der Waals surface area contributed by atoms with Crippen molar-refractivity contribution in [1.82, 2.24) is 5.32 Å². The van der Waals surface area contributed by atoms with Crippen LogP contribution in [0.5, 0.6) is 0 Å². The van der Waals surface area contributed by atoms with Gasteiger partial charge in [-0.3, -0.25) is 9.59 Å². The number of rotatable bonds is 6. The Morgan fingerprint density at radius 3 is 2.12 bits per heavy atom. The monoisotopic (exact) mass is 324 g/mol. The van der Waals surface area contributed by atoms with E-state index in [9.17, 15) is 9.59 Å². The molecule has 0 unspecified atom stereocenters. The van der Waals surface area contributed by atoms with E-state index in [1.54, 1.807) is 0 Å². The summed E-state index contributed by atoms with van der Waals surface area (Å²) in [6.07, 6.45) is 0. The van der Waals surface area contributed by atoms with Gasteiger partial charge in [0.15, 0.2) is 0 Å². The van der Waals surface area contributed by atoms with Crippen LogP contribution in [0.4, 0.5) is 0 Å². The van der Waals surface area contributed by atoms with E-state index in [1.165, 1.54) is 0 Å². The van der Waals surface area contributed by atoms with E-state index in [-0.39, 0.29) is 18.4 Å². The third kappa shape index (κ3) is 2.90. The standard InChI is InChI=1S/C19H20N2O3/c1-2-24-11-16(22)21-18(19(20)23)17-14-9-5-3-7-12(14)13-8-4-6-10-15(13)17/h3-10,17-18H,2,11H2,1H3,(H2,20,23)(H,21,22)/t18-/m1/s1.